The number of carbonyl (C=O) groups is 4. The molecular weight excluding hydrogens is 1240 g/mol. The van der Waals surface area contributed by atoms with Crippen molar-refractivity contribution < 1.29 is 19.2 Å². The van der Waals surface area contributed by atoms with E-state index < -0.39 is 0 Å². The van der Waals surface area contributed by atoms with Gasteiger partial charge in [0.25, 0.3) is 45.9 Å². The predicted molar refractivity (Wildman–Crippen MR) is 417 cm³/mol. The number of hydrogen-bond donors (Lipinski definition) is 0. The number of carbonyl (C=O) groups excluding carboxylic acids is 4. The first kappa shape index (κ1) is 82.5. The van der Waals surface area contributed by atoms with Gasteiger partial charge in [-0.15, -0.1) is 0 Å². The van der Waals surface area contributed by atoms with Crippen LogP contribution in [0.25, 0.3) is 21.5 Å². The highest BCUT2D eigenvalue weighted by molar-refractivity contribution is 6.13. The summed E-state index contributed by atoms with van der Waals surface area (Å²) in [5.41, 5.74) is -1.39. The summed E-state index contributed by atoms with van der Waals surface area (Å²) in [6.07, 6.45) is 73.1. The largest absolute Gasteiger partial charge is 0.275 e. The molecule has 12 heteroatoms. The fourth-order valence-corrected chi connectivity index (χ4v) is 19.2. The quantitative estimate of drug-likeness (QED) is 0.0400. The van der Waals surface area contributed by atoms with Crippen LogP contribution in [0.15, 0.2) is 55.6 Å². The van der Waals surface area contributed by atoms with Crippen molar-refractivity contribution in [2.75, 3.05) is 13.1 Å². The lowest BCUT2D eigenvalue weighted by Gasteiger charge is -2.44. The Bertz CT molecular complexity index is 3010. The third kappa shape index (κ3) is 26.4. The number of unbranched alkanes of at least 4 members (excludes halogenated alkanes) is 34. The summed E-state index contributed by atoms with van der Waals surface area (Å²) in [4.78, 5) is 106. The van der Waals surface area contributed by atoms with Crippen LogP contribution in [0.3, 0.4) is 0 Å². The van der Waals surface area contributed by atoms with E-state index >= 15 is 0 Å². The van der Waals surface area contributed by atoms with Gasteiger partial charge >= 0.3 is 0 Å². The zero-order valence-electron chi connectivity index (χ0n) is 64.1. The number of hydrogen-bond acceptors (Lipinski definition) is 8. The molecule has 4 amide bonds. The fraction of sp³-hybridized carbons (Fsp3) is 0.795. The number of nitrogens with zero attached hydrogens (tertiary/aromatic N) is 4. The number of amides is 4. The summed E-state index contributed by atoms with van der Waals surface area (Å²) in [6, 6.07) is 3.07. The summed E-state index contributed by atoms with van der Waals surface area (Å²) in [7, 11) is 0. The van der Waals surface area contributed by atoms with Gasteiger partial charge in [-0.3, -0.25) is 57.3 Å². The third-order valence-electron chi connectivity index (χ3n) is 25.1. The minimum Gasteiger partial charge on any atom is -0.275 e. The van der Waals surface area contributed by atoms with Gasteiger partial charge in [0.1, 0.15) is 0 Å². The van der Waals surface area contributed by atoms with Gasteiger partial charge in [0, 0.05) is 50.5 Å². The van der Waals surface area contributed by atoms with Gasteiger partial charge in [0.15, 0.2) is 0 Å². The molecule has 8 unspecified atom stereocenters. The van der Waals surface area contributed by atoms with Gasteiger partial charge in [0.05, 0.1) is 21.5 Å². The van der Waals surface area contributed by atoms with Gasteiger partial charge in [-0.1, -0.05) is 297 Å². The maximum absolute atomic E-state index is 13.9. The summed E-state index contributed by atoms with van der Waals surface area (Å²) in [6.45, 7) is 11.0. The van der Waals surface area contributed by atoms with Crippen LogP contribution in [0, 0.1) is 47.3 Å². The first-order valence-corrected chi connectivity index (χ1v) is 42.9. The van der Waals surface area contributed by atoms with E-state index in [1.165, 1.54) is 312 Å². The Morgan fingerprint density at radius 2 is 0.430 bits per heavy atom. The van der Waals surface area contributed by atoms with Crippen molar-refractivity contribution in [3.05, 3.63) is 77.9 Å². The molecule has 0 spiro atoms. The topological polar surface area (TPSA) is 153 Å². The van der Waals surface area contributed by atoms with E-state index in [0.717, 1.165) is 137 Å². The maximum atomic E-state index is 13.9. The Labute approximate surface area is 606 Å². The summed E-state index contributed by atoms with van der Waals surface area (Å²) < 4.78 is 2.70. The predicted octanol–water partition coefficient (Wildman–Crippen LogP) is 21.9. The highest BCUT2D eigenvalue weighted by atomic mass is 16.2. The van der Waals surface area contributed by atoms with Crippen LogP contribution < -0.4 is 22.2 Å². The Hall–Kier alpha value is -4.74. The molecule has 2 aliphatic heterocycles. The van der Waals surface area contributed by atoms with E-state index in [1.807, 2.05) is 0 Å². The van der Waals surface area contributed by atoms with E-state index in [9.17, 15) is 38.4 Å². The van der Waals surface area contributed by atoms with Crippen LogP contribution in [0.1, 0.15) is 374 Å². The zero-order chi connectivity index (χ0) is 71.1. The maximum Gasteiger partial charge on any atom is 0.261 e. The lowest BCUT2D eigenvalue weighted by molar-refractivity contribution is -0.138. The van der Waals surface area contributed by atoms with Crippen molar-refractivity contribution >= 4 is 45.2 Å². The van der Waals surface area contributed by atoms with E-state index in [4.69, 9.17) is 0 Å². The normalized spacial score (nSPS) is 21.1. The highest BCUT2D eigenvalue weighted by Gasteiger charge is 2.40. The second-order valence-electron chi connectivity index (χ2n) is 32.4. The van der Waals surface area contributed by atoms with Gasteiger partial charge in [-0.2, -0.15) is 0 Å². The highest BCUT2D eigenvalue weighted by Crippen LogP contribution is 2.50. The molecule has 562 valence electrons. The SMILES string of the molecule is CCCCCCCCC1C(CCCCCC)CCC(CCCCCCCCn2c(=O)c3cc4c(=O)n(CCCCCCCCC5C(CCCCCCCCN6C(=O)C=CC6=O)CCC(CCCCCC)C5CCCCCC)c(=O)c4cc3c2=O)C1CCCCCCCCN1C(=O)C=CC1=O. The van der Waals surface area contributed by atoms with Crippen LogP contribution in [0.2, 0.25) is 0 Å². The number of aromatic nitrogens is 2. The second kappa shape index (κ2) is 47.6. The molecule has 0 saturated heterocycles. The summed E-state index contributed by atoms with van der Waals surface area (Å²) in [5, 5.41) is 1.02. The molecule has 100 heavy (non-hydrogen) atoms. The van der Waals surface area contributed by atoms with Crippen LogP contribution in [-0.4, -0.2) is 55.7 Å². The fourth-order valence-electron chi connectivity index (χ4n) is 19.2. The average molecular weight is 1380 g/mol. The number of fused-ring (bicyclic) bond motifs is 2. The standard InChI is InChI=1S/C88H142N4O8/c1-5-9-13-17-28-40-52-74-70(48-36-15-11-7-3)56-58-72(76(74)54-41-29-20-24-32-44-64-90-83(95)61-62-84(90)96)50-38-27-19-23-33-45-65-91-85(97)77-67-79-80(68-78(77)86(91)98)88(100)92(87(79)99)66-46-34-25-21-30-42-53-75-71(49-37-26-18-22-31-43-63-89-81(93)59-60-82(89)94)57-55-69(47-35-14-10-6-2)73(75)51-39-16-12-8-4/h59-62,67-76H,5-58,63-66H2,1-4H3. The van der Waals surface area contributed by atoms with Crippen molar-refractivity contribution in [3.8, 4) is 0 Å². The minimum atomic E-state index is -0.347. The molecule has 3 aromatic rings. The molecule has 2 saturated carbocycles. The van der Waals surface area contributed by atoms with Crippen molar-refractivity contribution in [3.63, 3.8) is 0 Å². The van der Waals surface area contributed by atoms with Gasteiger partial charge in [-0.05, 0) is 137 Å². The lowest BCUT2D eigenvalue weighted by atomic mass is 9.61. The van der Waals surface area contributed by atoms with Crippen LogP contribution >= 0.6 is 0 Å². The molecule has 0 radical (unpaired) electrons. The molecule has 2 aromatic heterocycles. The Morgan fingerprint density at radius 1 is 0.240 bits per heavy atom. The van der Waals surface area contributed by atoms with Crippen molar-refractivity contribution in [1.82, 2.24) is 18.9 Å². The first-order valence-electron chi connectivity index (χ1n) is 42.9. The smallest absolute Gasteiger partial charge is 0.261 e. The Balaban J connectivity index is 0.837. The molecule has 2 aliphatic carbocycles. The zero-order valence-corrected chi connectivity index (χ0v) is 64.1. The Kier molecular flexibility index (Phi) is 39.3. The number of rotatable bonds is 58. The van der Waals surface area contributed by atoms with E-state index in [1.54, 1.807) is 0 Å². The number of benzene rings is 1. The molecule has 1 aromatic carbocycles. The molecule has 0 N–H and O–H groups in total. The average Bonchev–Trinajstić information content (AvgIpc) is 1.58. The van der Waals surface area contributed by atoms with Gasteiger partial charge in [-0.25, -0.2) is 0 Å². The van der Waals surface area contributed by atoms with Crippen LogP contribution in [0.4, 0.5) is 0 Å². The van der Waals surface area contributed by atoms with Crippen molar-refractivity contribution in [1.29, 1.82) is 0 Å². The molecule has 4 aliphatic rings. The molecule has 2 fully saturated rings. The molecule has 4 heterocycles. The summed E-state index contributed by atoms with van der Waals surface area (Å²) >= 11 is 0. The monoisotopic (exact) mass is 1380 g/mol. The molecule has 0 bridgehead atoms. The summed E-state index contributed by atoms with van der Waals surface area (Å²) in [5.74, 6) is 6.02. The third-order valence-corrected chi connectivity index (χ3v) is 25.1. The number of imide groups is 2. The second-order valence-corrected chi connectivity index (χ2v) is 32.4. The van der Waals surface area contributed by atoms with Gasteiger partial charge < -0.3 is 0 Å². The first-order chi connectivity index (χ1) is 48.9. The minimum absolute atomic E-state index is 0.169. The van der Waals surface area contributed by atoms with Crippen LogP contribution in [0.5, 0.6) is 0 Å². The van der Waals surface area contributed by atoms with E-state index in [-0.39, 0.29) is 67.4 Å². The lowest BCUT2D eigenvalue weighted by Crippen LogP contribution is -2.35. The molecule has 12 nitrogen and oxygen atoms in total. The van der Waals surface area contributed by atoms with Crippen molar-refractivity contribution in [2.24, 2.45) is 47.3 Å². The molecular formula is C88H142N4O8. The van der Waals surface area contributed by atoms with Crippen LogP contribution in [-0.2, 0) is 32.3 Å². The molecule has 8 atom stereocenters. The van der Waals surface area contributed by atoms with Crippen molar-refractivity contribution in [2.45, 2.75) is 388 Å². The Morgan fingerprint density at radius 3 is 0.670 bits per heavy atom. The van der Waals surface area contributed by atoms with Gasteiger partial charge in [0.2, 0.25) is 0 Å². The molecule has 7 rings (SSSR count). The van der Waals surface area contributed by atoms with E-state index in [2.05, 4.69) is 27.7 Å². The van der Waals surface area contributed by atoms with E-state index in [0.29, 0.717) is 26.2 Å².